The highest BCUT2D eigenvalue weighted by molar-refractivity contribution is 7.92. The van der Waals surface area contributed by atoms with Crippen LogP contribution in [-0.4, -0.2) is 28.0 Å². The Hall–Kier alpha value is -3.03. The second kappa shape index (κ2) is 10.9. The fraction of sp³-hybridized carbons (Fsp3) is 0.269. The number of nitrogens with one attached hydrogen (secondary N) is 1. The van der Waals surface area contributed by atoms with E-state index < -0.39 is 15.9 Å². The number of aryl methyl sites for hydroxylation is 2. The summed E-state index contributed by atoms with van der Waals surface area (Å²) in [6, 6.07) is 18.4. The molecule has 3 rings (SSSR count). The first kappa shape index (κ1) is 25.6. The van der Waals surface area contributed by atoms with Crippen molar-refractivity contribution in [1.82, 2.24) is 5.32 Å². The van der Waals surface area contributed by atoms with Crippen molar-refractivity contribution in [2.45, 2.75) is 38.1 Å². The molecule has 0 saturated carbocycles. The van der Waals surface area contributed by atoms with Crippen molar-refractivity contribution < 1.29 is 17.9 Å². The predicted octanol–water partition coefficient (Wildman–Crippen LogP) is 5.43. The lowest BCUT2D eigenvalue weighted by atomic mass is 10.0. The van der Waals surface area contributed by atoms with Crippen molar-refractivity contribution in [1.29, 1.82) is 0 Å². The van der Waals surface area contributed by atoms with Crippen LogP contribution in [0.15, 0.2) is 71.6 Å². The summed E-state index contributed by atoms with van der Waals surface area (Å²) in [5.41, 5.74) is 3.13. The largest absolute Gasteiger partial charge is 0.496 e. The molecule has 1 amide bonds. The molecule has 1 unspecified atom stereocenters. The zero-order valence-electron chi connectivity index (χ0n) is 19.7. The number of amides is 1. The fourth-order valence-electron chi connectivity index (χ4n) is 3.69. The maximum absolute atomic E-state index is 13.5. The standard InChI is InChI=1S/C26H29ClN2O4S/c1-5-24(20-11-14-25(33-4)19(3)15-20)28-26(30)17-29(22-8-6-7-21(27)16-22)34(31,32)23-12-9-18(2)10-13-23/h6-16,24H,5,17H2,1-4H3,(H,28,30). The minimum atomic E-state index is -4.01. The van der Waals surface area contributed by atoms with E-state index in [0.29, 0.717) is 17.1 Å². The van der Waals surface area contributed by atoms with E-state index in [9.17, 15) is 13.2 Å². The van der Waals surface area contributed by atoms with E-state index in [2.05, 4.69) is 5.32 Å². The van der Waals surface area contributed by atoms with Gasteiger partial charge in [0.05, 0.1) is 23.7 Å². The number of carbonyl (C=O) groups is 1. The molecule has 8 heteroatoms. The Balaban J connectivity index is 1.90. The average molecular weight is 501 g/mol. The fourth-order valence-corrected chi connectivity index (χ4v) is 5.29. The quantitative estimate of drug-likeness (QED) is 0.425. The smallest absolute Gasteiger partial charge is 0.264 e. The lowest BCUT2D eigenvalue weighted by Gasteiger charge is -2.26. The van der Waals surface area contributed by atoms with Crippen LogP contribution in [0.3, 0.4) is 0 Å². The zero-order chi connectivity index (χ0) is 24.9. The topological polar surface area (TPSA) is 75.7 Å². The van der Waals surface area contributed by atoms with Crippen LogP contribution in [0, 0.1) is 13.8 Å². The van der Waals surface area contributed by atoms with Gasteiger partial charge in [-0.15, -0.1) is 0 Å². The van der Waals surface area contributed by atoms with Gasteiger partial charge < -0.3 is 10.1 Å². The van der Waals surface area contributed by atoms with Gasteiger partial charge in [-0.2, -0.15) is 0 Å². The van der Waals surface area contributed by atoms with Gasteiger partial charge in [-0.1, -0.05) is 54.4 Å². The normalized spacial score (nSPS) is 12.1. The number of ether oxygens (including phenoxy) is 1. The number of sulfonamides is 1. The average Bonchev–Trinajstić information content (AvgIpc) is 2.81. The number of nitrogens with zero attached hydrogens (tertiary/aromatic N) is 1. The summed E-state index contributed by atoms with van der Waals surface area (Å²) in [4.78, 5) is 13.2. The molecule has 0 bridgehead atoms. The molecule has 1 N–H and O–H groups in total. The van der Waals surface area contributed by atoms with Crippen LogP contribution in [0.5, 0.6) is 5.75 Å². The van der Waals surface area contributed by atoms with Crippen LogP contribution in [0.25, 0.3) is 0 Å². The third-order valence-electron chi connectivity index (χ3n) is 5.56. The van der Waals surface area contributed by atoms with Crippen LogP contribution in [0.4, 0.5) is 5.69 Å². The van der Waals surface area contributed by atoms with Crippen LogP contribution in [0.2, 0.25) is 5.02 Å². The summed E-state index contributed by atoms with van der Waals surface area (Å²) in [5.74, 6) is 0.345. The Morgan fingerprint density at radius 2 is 1.76 bits per heavy atom. The SMILES string of the molecule is CCC(NC(=O)CN(c1cccc(Cl)c1)S(=O)(=O)c1ccc(C)cc1)c1ccc(OC)c(C)c1. The molecule has 0 aliphatic carbocycles. The van der Waals surface area contributed by atoms with Gasteiger partial charge in [0.25, 0.3) is 10.0 Å². The van der Waals surface area contributed by atoms with E-state index in [1.54, 1.807) is 37.4 Å². The van der Waals surface area contributed by atoms with Crippen molar-refractivity contribution in [3.05, 3.63) is 88.4 Å². The zero-order valence-corrected chi connectivity index (χ0v) is 21.3. The Morgan fingerprint density at radius 1 is 1.06 bits per heavy atom. The monoisotopic (exact) mass is 500 g/mol. The third kappa shape index (κ3) is 5.90. The molecule has 0 radical (unpaired) electrons. The Labute approximate surface area is 206 Å². The minimum absolute atomic E-state index is 0.101. The van der Waals surface area contributed by atoms with Gasteiger partial charge in [0.15, 0.2) is 0 Å². The van der Waals surface area contributed by atoms with Crippen molar-refractivity contribution in [2.75, 3.05) is 18.0 Å². The maximum atomic E-state index is 13.5. The van der Waals surface area contributed by atoms with E-state index in [1.807, 2.05) is 39.0 Å². The second-order valence-corrected chi connectivity index (χ2v) is 10.4. The molecule has 0 aliphatic rings. The van der Waals surface area contributed by atoms with E-state index in [4.69, 9.17) is 16.3 Å². The number of methoxy groups -OCH3 is 1. The van der Waals surface area contributed by atoms with Gasteiger partial charge in [-0.05, 0) is 67.8 Å². The minimum Gasteiger partial charge on any atom is -0.496 e. The highest BCUT2D eigenvalue weighted by Crippen LogP contribution is 2.27. The van der Waals surface area contributed by atoms with E-state index in [0.717, 1.165) is 26.7 Å². The molecule has 1 atom stereocenters. The van der Waals surface area contributed by atoms with Gasteiger partial charge in [-0.3, -0.25) is 9.10 Å². The molecule has 34 heavy (non-hydrogen) atoms. The number of benzene rings is 3. The van der Waals surface area contributed by atoms with Crippen molar-refractivity contribution in [2.24, 2.45) is 0 Å². The lowest BCUT2D eigenvalue weighted by Crippen LogP contribution is -2.42. The summed E-state index contributed by atoms with van der Waals surface area (Å²) in [7, 11) is -2.40. The molecular weight excluding hydrogens is 472 g/mol. The van der Waals surface area contributed by atoms with Crippen molar-refractivity contribution in [3.63, 3.8) is 0 Å². The first-order valence-electron chi connectivity index (χ1n) is 10.9. The molecule has 0 heterocycles. The summed E-state index contributed by atoms with van der Waals surface area (Å²) >= 11 is 6.14. The summed E-state index contributed by atoms with van der Waals surface area (Å²) < 4.78 is 33.4. The number of halogens is 1. The molecular formula is C26H29ClN2O4S. The molecule has 6 nitrogen and oxygen atoms in total. The number of hydrogen-bond acceptors (Lipinski definition) is 4. The molecule has 3 aromatic carbocycles. The summed E-state index contributed by atoms with van der Waals surface area (Å²) in [6.45, 7) is 5.39. The molecule has 0 aromatic heterocycles. The van der Waals surface area contributed by atoms with Crippen LogP contribution < -0.4 is 14.4 Å². The summed E-state index contributed by atoms with van der Waals surface area (Å²) in [5, 5.41) is 3.35. The number of rotatable bonds is 9. The first-order valence-corrected chi connectivity index (χ1v) is 12.8. The Bertz CT molecular complexity index is 1260. The van der Waals surface area contributed by atoms with Gasteiger partial charge in [0, 0.05) is 5.02 Å². The van der Waals surface area contributed by atoms with Crippen molar-refractivity contribution >= 4 is 33.2 Å². The first-order chi connectivity index (χ1) is 16.1. The Morgan fingerprint density at radius 3 is 2.35 bits per heavy atom. The van der Waals surface area contributed by atoms with Crippen molar-refractivity contribution in [3.8, 4) is 5.75 Å². The maximum Gasteiger partial charge on any atom is 0.264 e. The van der Waals surface area contributed by atoms with Crippen LogP contribution >= 0.6 is 11.6 Å². The highest BCUT2D eigenvalue weighted by atomic mass is 35.5. The van der Waals surface area contributed by atoms with Gasteiger partial charge in [0.2, 0.25) is 5.91 Å². The van der Waals surface area contributed by atoms with E-state index >= 15 is 0 Å². The molecule has 3 aromatic rings. The van der Waals surface area contributed by atoms with Crippen LogP contribution in [0.1, 0.15) is 36.1 Å². The molecule has 0 spiro atoms. The van der Waals surface area contributed by atoms with Gasteiger partial charge in [0.1, 0.15) is 12.3 Å². The van der Waals surface area contributed by atoms with Gasteiger partial charge in [-0.25, -0.2) is 8.42 Å². The highest BCUT2D eigenvalue weighted by Gasteiger charge is 2.28. The molecule has 0 fully saturated rings. The third-order valence-corrected chi connectivity index (χ3v) is 7.58. The molecule has 0 saturated heterocycles. The number of hydrogen-bond donors (Lipinski definition) is 1. The van der Waals surface area contributed by atoms with Gasteiger partial charge >= 0.3 is 0 Å². The summed E-state index contributed by atoms with van der Waals surface area (Å²) in [6.07, 6.45) is 0.638. The van der Waals surface area contributed by atoms with Crippen LogP contribution in [-0.2, 0) is 14.8 Å². The van der Waals surface area contributed by atoms with E-state index in [1.165, 1.54) is 18.2 Å². The molecule has 0 aliphatic heterocycles. The predicted molar refractivity (Wildman–Crippen MR) is 136 cm³/mol. The number of anilines is 1. The van der Waals surface area contributed by atoms with E-state index in [-0.39, 0.29) is 17.5 Å². The number of carbonyl (C=O) groups excluding carboxylic acids is 1. The lowest BCUT2D eigenvalue weighted by molar-refractivity contribution is -0.120. The Kier molecular flexibility index (Phi) is 8.23. The molecule has 180 valence electrons. The second-order valence-electron chi connectivity index (χ2n) is 8.06.